The fraction of sp³-hybridized carbons (Fsp3) is 0.269. The van der Waals surface area contributed by atoms with Crippen LogP contribution >= 0.6 is 0 Å². The van der Waals surface area contributed by atoms with Crippen molar-refractivity contribution in [3.05, 3.63) is 97.1 Å². The summed E-state index contributed by atoms with van der Waals surface area (Å²) in [7, 11) is 0. The van der Waals surface area contributed by atoms with Crippen LogP contribution in [0.3, 0.4) is 0 Å². The minimum Gasteiger partial charge on any atom is -0.337 e. The molecule has 5 heteroatoms. The summed E-state index contributed by atoms with van der Waals surface area (Å²) >= 11 is 0. The van der Waals surface area contributed by atoms with Crippen molar-refractivity contribution in [2.75, 3.05) is 26.2 Å². The number of pyridine rings is 2. The lowest BCUT2D eigenvalue weighted by Gasteiger charge is -2.23. The highest BCUT2D eigenvalue weighted by atomic mass is 16.2. The Morgan fingerprint density at radius 1 is 0.871 bits per heavy atom. The van der Waals surface area contributed by atoms with Crippen LogP contribution < -0.4 is 0 Å². The Morgan fingerprint density at radius 2 is 1.52 bits per heavy atom. The zero-order valence-electron chi connectivity index (χ0n) is 17.7. The quantitative estimate of drug-likeness (QED) is 0.554. The molecule has 1 saturated heterocycles. The van der Waals surface area contributed by atoms with Gasteiger partial charge in [-0.05, 0) is 52.9 Å². The van der Waals surface area contributed by atoms with Crippen molar-refractivity contribution in [3.8, 4) is 11.1 Å². The number of hydrogen-bond donors (Lipinski definition) is 0. The number of carbonyl (C=O) groups is 1. The number of carbonyl (C=O) groups excluding carboxylic acids is 1. The lowest BCUT2D eigenvalue weighted by molar-refractivity contribution is -0.134. The average Bonchev–Trinajstić information content (AvgIpc) is 2.95. The van der Waals surface area contributed by atoms with E-state index in [0.717, 1.165) is 43.7 Å². The lowest BCUT2D eigenvalue weighted by Crippen LogP contribution is -2.37. The van der Waals surface area contributed by atoms with Gasteiger partial charge < -0.3 is 4.90 Å². The summed E-state index contributed by atoms with van der Waals surface area (Å²) in [6.45, 7) is 7.60. The molecule has 0 spiro atoms. The molecule has 0 unspecified atom stereocenters. The molecule has 0 aliphatic carbocycles. The van der Waals surface area contributed by atoms with Gasteiger partial charge in [-0.15, -0.1) is 6.58 Å². The van der Waals surface area contributed by atoms with Gasteiger partial charge in [0.15, 0.2) is 0 Å². The molecule has 0 N–H and O–H groups in total. The topological polar surface area (TPSA) is 49.3 Å². The van der Waals surface area contributed by atoms with E-state index in [-0.39, 0.29) is 11.8 Å². The maximum atomic E-state index is 13.3. The number of benzene rings is 1. The SMILES string of the molecule is C=CCN1CCN(Cc2ccncc2)C[C@H](Cc2ccc(-c3ccncc3)cc2)C1=O. The molecule has 3 heterocycles. The fourth-order valence-corrected chi connectivity index (χ4v) is 4.15. The Kier molecular flexibility index (Phi) is 6.85. The summed E-state index contributed by atoms with van der Waals surface area (Å²) in [5.74, 6) is 0.145. The largest absolute Gasteiger partial charge is 0.337 e. The second kappa shape index (κ2) is 10.1. The molecule has 1 amide bonds. The summed E-state index contributed by atoms with van der Waals surface area (Å²) in [5, 5.41) is 0. The Morgan fingerprint density at radius 3 is 2.19 bits per heavy atom. The molecule has 3 aromatic rings. The van der Waals surface area contributed by atoms with Crippen LogP contribution in [0.4, 0.5) is 0 Å². The maximum absolute atomic E-state index is 13.3. The standard InChI is InChI=1S/C26H28N4O/c1-2-15-30-17-16-29(19-22-7-11-27-12-8-22)20-25(26(30)31)18-21-3-5-23(6-4-21)24-9-13-28-14-10-24/h2-14,25H,1,15-20H2/t25-/m0/s1. The molecule has 2 aromatic heterocycles. The van der Waals surface area contributed by atoms with Gasteiger partial charge in [0.05, 0.1) is 5.92 Å². The highest BCUT2D eigenvalue weighted by Gasteiger charge is 2.30. The lowest BCUT2D eigenvalue weighted by atomic mass is 9.95. The third kappa shape index (κ3) is 5.44. The first-order chi connectivity index (χ1) is 15.2. The third-order valence-corrected chi connectivity index (χ3v) is 5.78. The van der Waals surface area contributed by atoms with E-state index in [1.54, 1.807) is 12.4 Å². The summed E-state index contributed by atoms with van der Waals surface area (Å²) in [6.07, 6.45) is 9.80. The van der Waals surface area contributed by atoms with Gasteiger partial charge in [-0.25, -0.2) is 0 Å². The molecule has 1 aliphatic heterocycles. The van der Waals surface area contributed by atoms with Crippen molar-refractivity contribution in [2.45, 2.75) is 13.0 Å². The van der Waals surface area contributed by atoms with Gasteiger partial charge in [0.1, 0.15) is 0 Å². The minimum absolute atomic E-state index is 0.0731. The van der Waals surface area contributed by atoms with Gasteiger partial charge in [0.25, 0.3) is 0 Å². The summed E-state index contributed by atoms with van der Waals surface area (Å²) in [6, 6.07) is 16.6. The summed E-state index contributed by atoms with van der Waals surface area (Å²) in [5.41, 5.74) is 4.71. The highest BCUT2D eigenvalue weighted by Crippen LogP contribution is 2.22. The second-order valence-electron chi connectivity index (χ2n) is 8.00. The van der Waals surface area contributed by atoms with Gasteiger partial charge >= 0.3 is 0 Å². The zero-order chi connectivity index (χ0) is 21.5. The molecule has 1 atom stereocenters. The van der Waals surface area contributed by atoms with E-state index in [0.29, 0.717) is 6.54 Å². The van der Waals surface area contributed by atoms with Crippen molar-refractivity contribution in [1.29, 1.82) is 0 Å². The molecule has 0 saturated carbocycles. The average molecular weight is 413 g/mol. The number of amides is 1. The molecule has 31 heavy (non-hydrogen) atoms. The van der Waals surface area contributed by atoms with E-state index >= 15 is 0 Å². The molecule has 0 radical (unpaired) electrons. The predicted molar refractivity (Wildman–Crippen MR) is 123 cm³/mol. The Bertz CT molecular complexity index is 989. The van der Waals surface area contributed by atoms with Crippen molar-refractivity contribution >= 4 is 5.91 Å². The smallest absolute Gasteiger partial charge is 0.227 e. The molecule has 1 aromatic carbocycles. The number of rotatable bonds is 7. The highest BCUT2D eigenvalue weighted by molar-refractivity contribution is 5.80. The summed E-state index contributed by atoms with van der Waals surface area (Å²) in [4.78, 5) is 25.8. The van der Waals surface area contributed by atoms with Crippen LogP contribution in [0.25, 0.3) is 11.1 Å². The number of nitrogens with zero attached hydrogens (tertiary/aromatic N) is 4. The van der Waals surface area contributed by atoms with Crippen LogP contribution in [0.5, 0.6) is 0 Å². The fourth-order valence-electron chi connectivity index (χ4n) is 4.15. The van der Waals surface area contributed by atoms with Crippen LogP contribution in [-0.2, 0) is 17.8 Å². The molecule has 1 aliphatic rings. The van der Waals surface area contributed by atoms with E-state index in [4.69, 9.17) is 0 Å². The van der Waals surface area contributed by atoms with Gasteiger partial charge in [0.2, 0.25) is 5.91 Å². The first kappa shape index (κ1) is 20.9. The van der Waals surface area contributed by atoms with Crippen LogP contribution in [0, 0.1) is 5.92 Å². The van der Waals surface area contributed by atoms with Crippen LogP contribution in [0.15, 0.2) is 86.0 Å². The first-order valence-corrected chi connectivity index (χ1v) is 10.7. The normalized spacial score (nSPS) is 17.4. The molecule has 0 bridgehead atoms. The van der Waals surface area contributed by atoms with Gasteiger partial charge in [-0.3, -0.25) is 19.7 Å². The van der Waals surface area contributed by atoms with E-state index in [1.165, 1.54) is 11.1 Å². The number of hydrogen-bond acceptors (Lipinski definition) is 4. The third-order valence-electron chi connectivity index (χ3n) is 5.78. The van der Waals surface area contributed by atoms with E-state index in [2.05, 4.69) is 45.7 Å². The zero-order valence-corrected chi connectivity index (χ0v) is 17.7. The number of aromatic nitrogens is 2. The van der Waals surface area contributed by atoms with E-state index < -0.39 is 0 Å². The van der Waals surface area contributed by atoms with Crippen molar-refractivity contribution < 1.29 is 4.79 Å². The van der Waals surface area contributed by atoms with Crippen molar-refractivity contribution in [2.24, 2.45) is 5.92 Å². The van der Waals surface area contributed by atoms with Crippen LogP contribution in [0.2, 0.25) is 0 Å². The molecule has 1 fully saturated rings. The molecular weight excluding hydrogens is 384 g/mol. The summed E-state index contributed by atoms with van der Waals surface area (Å²) < 4.78 is 0. The predicted octanol–water partition coefficient (Wildman–Crippen LogP) is 3.83. The van der Waals surface area contributed by atoms with Crippen molar-refractivity contribution in [1.82, 2.24) is 19.8 Å². The Hall–Kier alpha value is -3.31. The van der Waals surface area contributed by atoms with Crippen molar-refractivity contribution in [3.63, 3.8) is 0 Å². The van der Waals surface area contributed by atoms with Crippen LogP contribution in [-0.4, -0.2) is 51.9 Å². The van der Waals surface area contributed by atoms with Gasteiger partial charge in [-0.2, -0.15) is 0 Å². The van der Waals surface area contributed by atoms with Crippen LogP contribution in [0.1, 0.15) is 11.1 Å². The maximum Gasteiger partial charge on any atom is 0.227 e. The second-order valence-corrected chi connectivity index (χ2v) is 8.00. The molecular formula is C26H28N4O. The molecule has 5 nitrogen and oxygen atoms in total. The molecule has 4 rings (SSSR count). The first-order valence-electron chi connectivity index (χ1n) is 10.7. The molecule has 158 valence electrons. The Labute approximate surface area is 184 Å². The van der Waals surface area contributed by atoms with E-state index in [1.807, 2.05) is 47.6 Å². The monoisotopic (exact) mass is 412 g/mol. The van der Waals surface area contributed by atoms with E-state index in [9.17, 15) is 4.79 Å². The van der Waals surface area contributed by atoms with Gasteiger partial charge in [0, 0.05) is 57.5 Å². The Balaban J connectivity index is 1.50. The minimum atomic E-state index is -0.0731. The van der Waals surface area contributed by atoms with Gasteiger partial charge in [-0.1, -0.05) is 30.3 Å².